The fourth-order valence-electron chi connectivity index (χ4n) is 3.19. The Morgan fingerprint density at radius 2 is 1.96 bits per heavy atom. The standard InChI is InChI=1S/C18H22N6/c1-13-18(21-8-7-20-13)14(2)23-16-5-9-24(10-6-16)17-4-3-15(11-19)12-22-17/h3-4,7-8,12,14,16,23H,5-6,9-10H2,1-2H3. The molecular formula is C18H22N6. The van der Waals surface area contributed by atoms with Gasteiger partial charge in [-0.2, -0.15) is 5.26 Å². The quantitative estimate of drug-likeness (QED) is 0.931. The molecule has 3 heterocycles. The second kappa shape index (κ2) is 7.37. The molecule has 2 aromatic rings. The minimum absolute atomic E-state index is 0.197. The van der Waals surface area contributed by atoms with Crippen LogP contribution in [0.5, 0.6) is 0 Å². The predicted octanol–water partition coefficient (Wildman–Crippen LogP) is 2.37. The highest BCUT2D eigenvalue weighted by Crippen LogP contribution is 2.20. The number of nitriles is 1. The van der Waals surface area contributed by atoms with Gasteiger partial charge in [0.25, 0.3) is 0 Å². The number of nitrogens with one attached hydrogen (secondary N) is 1. The summed E-state index contributed by atoms with van der Waals surface area (Å²) in [4.78, 5) is 15.4. The zero-order valence-electron chi connectivity index (χ0n) is 14.1. The lowest BCUT2D eigenvalue weighted by molar-refractivity contribution is 0.375. The van der Waals surface area contributed by atoms with Crippen molar-refractivity contribution in [3.8, 4) is 6.07 Å². The molecule has 0 amide bonds. The average molecular weight is 322 g/mol. The molecule has 1 unspecified atom stereocenters. The van der Waals surface area contributed by atoms with Crippen molar-refractivity contribution in [3.63, 3.8) is 0 Å². The number of aromatic nitrogens is 3. The van der Waals surface area contributed by atoms with E-state index in [1.807, 2.05) is 19.1 Å². The number of nitrogens with zero attached hydrogens (tertiary/aromatic N) is 5. The molecule has 2 aromatic heterocycles. The van der Waals surface area contributed by atoms with E-state index in [0.717, 1.165) is 43.1 Å². The molecule has 1 aliphatic heterocycles. The Hall–Kier alpha value is -2.52. The summed E-state index contributed by atoms with van der Waals surface area (Å²) < 4.78 is 0. The van der Waals surface area contributed by atoms with E-state index >= 15 is 0 Å². The third-order valence-corrected chi connectivity index (χ3v) is 4.51. The van der Waals surface area contributed by atoms with Gasteiger partial charge in [0.15, 0.2) is 0 Å². The van der Waals surface area contributed by atoms with Gasteiger partial charge in [-0.05, 0) is 38.8 Å². The van der Waals surface area contributed by atoms with E-state index in [1.165, 1.54) is 0 Å². The molecule has 1 aliphatic rings. The number of piperidine rings is 1. The molecule has 0 radical (unpaired) electrons. The van der Waals surface area contributed by atoms with E-state index in [4.69, 9.17) is 5.26 Å². The summed E-state index contributed by atoms with van der Waals surface area (Å²) in [7, 11) is 0. The van der Waals surface area contributed by atoms with Crippen LogP contribution in [-0.4, -0.2) is 34.1 Å². The van der Waals surface area contributed by atoms with Crippen molar-refractivity contribution >= 4 is 5.82 Å². The van der Waals surface area contributed by atoms with E-state index in [2.05, 4.69) is 38.2 Å². The average Bonchev–Trinajstić information content (AvgIpc) is 2.63. The molecule has 124 valence electrons. The van der Waals surface area contributed by atoms with Crippen LogP contribution in [0.2, 0.25) is 0 Å². The number of hydrogen-bond acceptors (Lipinski definition) is 6. The zero-order valence-corrected chi connectivity index (χ0v) is 14.1. The highest BCUT2D eigenvalue weighted by atomic mass is 15.2. The first kappa shape index (κ1) is 16.3. The van der Waals surface area contributed by atoms with Crippen LogP contribution in [0.3, 0.4) is 0 Å². The van der Waals surface area contributed by atoms with E-state index in [1.54, 1.807) is 18.6 Å². The maximum atomic E-state index is 8.85. The lowest BCUT2D eigenvalue weighted by Gasteiger charge is -2.34. The minimum Gasteiger partial charge on any atom is -0.357 e. The topological polar surface area (TPSA) is 77.7 Å². The van der Waals surface area contributed by atoms with Gasteiger partial charge in [-0.25, -0.2) is 4.98 Å². The Balaban J connectivity index is 1.55. The number of anilines is 1. The molecule has 0 spiro atoms. The Kier molecular flexibility index (Phi) is 5.02. The maximum absolute atomic E-state index is 8.85. The zero-order chi connectivity index (χ0) is 16.9. The molecule has 0 aromatic carbocycles. The summed E-state index contributed by atoms with van der Waals surface area (Å²) in [5.74, 6) is 0.949. The summed E-state index contributed by atoms with van der Waals surface area (Å²) in [6.07, 6.45) is 7.24. The van der Waals surface area contributed by atoms with Gasteiger partial charge in [0.1, 0.15) is 11.9 Å². The molecular weight excluding hydrogens is 300 g/mol. The second-order valence-corrected chi connectivity index (χ2v) is 6.19. The Morgan fingerprint density at radius 1 is 1.21 bits per heavy atom. The Bertz CT molecular complexity index is 713. The largest absolute Gasteiger partial charge is 0.357 e. The van der Waals surface area contributed by atoms with Crippen LogP contribution in [0.1, 0.15) is 42.8 Å². The van der Waals surface area contributed by atoms with Crippen LogP contribution < -0.4 is 10.2 Å². The van der Waals surface area contributed by atoms with E-state index in [0.29, 0.717) is 11.6 Å². The monoisotopic (exact) mass is 322 g/mol. The lowest BCUT2D eigenvalue weighted by atomic mass is 10.0. The van der Waals surface area contributed by atoms with Crippen molar-refractivity contribution in [1.29, 1.82) is 5.26 Å². The summed E-state index contributed by atoms with van der Waals surface area (Å²) in [5, 5.41) is 12.5. The molecule has 0 bridgehead atoms. The predicted molar refractivity (Wildman–Crippen MR) is 92.5 cm³/mol. The Labute approximate surface area is 142 Å². The number of pyridine rings is 1. The molecule has 1 atom stereocenters. The first-order valence-corrected chi connectivity index (χ1v) is 8.32. The van der Waals surface area contributed by atoms with Crippen molar-refractivity contribution in [1.82, 2.24) is 20.3 Å². The van der Waals surface area contributed by atoms with Crippen molar-refractivity contribution in [3.05, 3.63) is 47.7 Å². The highest BCUT2D eigenvalue weighted by Gasteiger charge is 2.22. The molecule has 24 heavy (non-hydrogen) atoms. The third-order valence-electron chi connectivity index (χ3n) is 4.51. The van der Waals surface area contributed by atoms with E-state index < -0.39 is 0 Å². The minimum atomic E-state index is 0.197. The van der Waals surface area contributed by atoms with Gasteiger partial charge in [0.05, 0.1) is 17.0 Å². The fraction of sp³-hybridized carbons (Fsp3) is 0.444. The fourth-order valence-corrected chi connectivity index (χ4v) is 3.19. The van der Waals surface area contributed by atoms with Crippen molar-refractivity contribution in [2.24, 2.45) is 0 Å². The van der Waals surface area contributed by atoms with Crippen molar-refractivity contribution < 1.29 is 0 Å². The van der Waals surface area contributed by atoms with Crippen molar-refractivity contribution in [2.45, 2.75) is 38.8 Å². The van der Waals surface area contributed by atoms with Crippen LogP contribution in [0, 0.1) is 18.3 Å². The van der Waals surface area contributed by atoms with Gasteiger partial charge in [-0.15, -0.1) is 0 Å². The molecule has 1 saturated heterocycles. The van der Waals surface area contributed by atoms with Gasteiger partial charge in [-0.1, -0.05) is 0 Å². The normalized spacial score (nSPS) is 16.6. The molecule has 1 fully saturated rings. The molecule has 0 saturated carbocycles. The lowest BCUT2D eigenvalue weighted by Crippen LogP contribution is -2.43. The van der Waals surface area contributed by atoms with Gasteiger partial charge in [0, 0.05) is 43.8 Å². The molecule has 0 aliphatic carbocycles. The second-order valence-electron chi connectivity index (χ2n) is 6.19. The van der Waals surface area contributed by atoms with E-state index in [9.17, 15) is 0 Å². The molecule has 6 heteroatoms. The first-order valence-electron chi connectivity index (χ1n) is 8.32. The maximum Gasteiger partial charge on any atom is 0.128 e. The summed E-state index contributed by atoms with van der Waals surface area (Å²) in [6, 6.07) is 6.52. The van der Waals surface area contributed by atoms with Gasteiger partial charge < -0.3 is 10.2 Å². The van der Waals surface area contributed by atoms with Gasteiger partial charge >= 0.3 is 0 Å². The van der Waals surface area contributed by atoms with Crippen LogP contribution in [0.15, 0.2) is 30.7 Å². The van der Waals surface area contributed by atoms with E-state index in [-0.39, 0.29) is 6.04 Å². The van der Waals surface area contributed by atoms with Crippen LogP contribution >= 0.6 is 0 Å². The molecule has 6 nitrogen and oxygen atoms in total. The summed E-state index contributed by atoms with van der Waals surface area (Å²) in [6.45, 7) is 6.07. The SMILES string of the molecule is Cc1nccnc1C(C)NC1CCN(c2ccc(C#N)cn2)CC1. The van der Waals surface area contributed by atoms with Gasteiger partial charge in [0.2, 0.25) is 0 Å². The van der Waals surface area contributed by atoms with Crippen LogP contribution in [0.25, 0.3) is 0 Å². The smallest absolute Gasteiger partial charge is 0.128 e. The van der Waals surface area contributed by atoms with Crippen LogP contribution in [-0.2, 0) is 0 Å². The first-order chi connectivity index (χ1) is 11.7. The summed E-state index contributed by atoms with van der Waals surface area (Å²) in [5.41, 5.74) is 2.61. The number of hydrogen-bond donors (Lipinski definition) is 1. The highest BCUT2D eigenvalue weighted by molar-refractivity contribution is 5.42. The molecule has 3 rings (SSSR count). The Morgan fingerprint density at radius 3 is 2.58 bits per heavy atom. The van der Waals surface area contributed by atoms with Crippen molar-refractivity contribution in [2.75, 3.05) is 18.0 Å². The number of rotatable bonds is 4. The molecule has 1 N–H and O–H groups in total. The summed E-state index contributed by atoms with van der Waals surface area (Å²) >= 11 is 0. The third kappa shape index (κ3) is 3.69. The van der Waals surface area contributed by atoms with Gasteiger partial charge in [-0.3, -0.25) is 9.97 Å². The number of aryl methyl sites for hydroxylation is 1. The van der Waals surface area contributed by atoms with Crippen LogP contribution in [0.4, 0.5) is 5.82 Å².